The molecule has 0 aliphatic heterocycles. The first-order chi connectivity index (χ1) is 10.9. The van der Waals surface area contributed by atoms with Crippen molar-refractivity contribution in [3.63, 3.8) is 0 Å². The lowest BCUT2D eigenvalue weighted by Gasteiger charge is -2.11. The first-order valence-corrected chi connectivity index (χ1v) is 7.94. The summed E-state index contributed by atoms with van der Waals surface area (Å²) < 4.78 is 37.1. The van der Waals surface area contributed by atoms with Gasteiger partial charge in [0.25, 0.3) is 10.0 Å². The molecule has 1 N–H and O–H groups in total. The number of nitrogens with zero attached hydrogens (tertiary/aromatic N) is 2. The maximum atomic E-state index is 12.4. The Balaban J connectivity index is 2.38. The van der Waals surface area contributed by atoms with Crippen molar-refractivity contribution in [2.45, 2.75) is 11.8 Å². The van der Waals surface area contributed by atoms with Crippen molar-refractivity contribution in [2.75, 3.05) is 18.9 Å². The van der Waals surface area contributed by atoms with E-state index in [4.69, 9.17) is 9.47 Å². The summed E-state index contributed by atoms with van der Waals surface area (Å²) in [6.07, 6.45) is 1.23. The zero-order valence-electron chi connectivity index (χ0n) is 12.7. The van der Waals surface area contributed by atoms with Crippen LogP contribution >= 0.6 is 0 Å². The van der Waals surface area contributed by atoms with Gasteiger partial charge in [0.2, 0.25) is 5.88 Å². The highest BCUT2D eigenvalue weighted by Gasteiger charge is 2.19. The van der Waals surface area contributed by atoms with Crippen LogP contribution in [0.2, 0.25) is 0 Å². The molecule has 122 valence electrons. The number of nitrogens with one attached hydrogen (secondary N) is 1. The molecule has 9 heteroatoms. The summed E-state index contributed by atoms with van der Waals surface area (Å²) in [5, 5.41) is 0. The summed E-state index contributed by atoms with van der Waals surface area (Å²) in [4.78, 5) is 19.1. The van der Waals surface area contributed by atoms with Crippen LogP contribution in [0.1, 0.15) is 17.3 Å². The topological polar surface area (TPSA) is 107 Å². The van der Waals surface area contributed by atoms with E-state index in [1.165, 1.54) is 45.5 Å². The van der Waals surface area contributed by atoms with Crippen LogP contribution in [-0.2, 0) is 10.0 Å². The summed E-state index contributed by atoms with van der Waals surface area (Å²) >= 11 is 0. The first-order valence-electron chi connectivity index (χ1n) is 6.46. The van der Waals surface area contributed by atoms with E-state index in [2.05, 4.69) is 14.7 Å². The van der Waals surface area contributed by atoms with Gasteiger partial charge in [-0.15, -0.1) is 0 Å². The summed E-state index contributed by atoms with van der Waals surface area (Å²) in [5.74, 6) is -0.212. The van der Waals surface area contributed by atoms with Crippen LogP contribution in [0.3, 0.4) is 0 Å². The lowest BCUT2D eigenvalue weighted by molar-refractivity contribution is 0.101. The number of hydrogen-bond donors (Lipinski definition) is 1. The van der Waals surface area contributed by atoms with Crippen LogP contribution in [0.15, 0.2) is 35.4 Å². The van der Waals surface area contributed by atoms with Crippen molar-refractivity contribution in [2.24, 2.45) is 0 Å². The smallest absolute Gasteiger partial charge is 0.319 e. The van der Waals surface area contributed by atoms with Gasteiger partial charge < -0.3 is 9.47 Å². The number of sulfonamides is 1. The summed E-state index contributed by atoms with van der Waals surface area (Å²) in [6.45, 7) is 1.36. The third-order valence-electron chi connectivity index (χ3n) is 2.90. The van der Waals surface area contributed by atoms with Crippen LogP contribution in [0.25, 0.3) is 0 Å². The van der Waals surface area contributed by atoms with Gasteiger partial charge in [0, 0.05) is 5.56 Å². The van der Waals surface area contributed by atoms with E-state index >= 15 is 0 Å². The molecule has 0 atom stereocenters. The van der Waals surface area contributed by atoms with Crippen molar-refractivity contribution < 1.29 is 22.7 Å². The van der Waals surface area contributed by atoms with Gasteiger partial charge in [-0.1, -0.05) is 12.1 Å². The zero-order valence-corrected chi connectivity index (χ0v) is 13.5. The Morgan fingerprint density at radius 2 is 1.96 bits per heavy atom. The Morgan fingerprint density at radius 3 is 2.57 bits per heavy atom. The van der Waals surface area contributed by atoms with Crippen molar-refractivity contribution >= 4 is 21.5 Å². The number of hydrogen-bond acceptors (Lipinski definition) is 7. The third-order valence-corrected chi connectivity index (χ3v) is 4.27. The van der Waals surface area contributed by atoms with Crippen molar-refractivity contribution in [3.8, 4) is 11.9 Å². The zero-order chi connectivity index (χ0) is 17.0. The molecule has 2 rings (SSSR count). The van der Waals surface area contributed by atoms with Gasteiger partial charge in [0.1, 0.15) is 5.69 Å². The van der Waals surface area contributed by atoms with E-state index in [0.717, 1.165) is 0 Å². The second-order valence-corrected chi connectivity index (χ2v) is 6.15. The number of ether oxygens (including phenoxy) is 2. The van der Waals surface area contributed by atoms with Crippen LogP contribution in [-0.4, -0.2) is 38.4 Å². The average Bonchev–Trinajstić information content (AvgIpc) is 2.55. The molecule has 0 aliphatic carbocycles. The van der Waals surface area contributed by atoms with Gasteiger partial charge in [0.05, 0.1) is 25.3 Å². The number of Topliss-reactive ketones (excluding diaryl/α,β-unsaturated/α-hetero) is 1. The fraction of sp³-hybridized carbons (Fsp3) is 0.214. The van der Waals surface area contributed by atoms with Crippen LogP contribution in [0, 0.1) is 0 Å². The number of rotatable bonds is 6. The Bertz CT molecular complexity index is 836. The molecule has 0 unspecified atom stereocenters. The Kier molecular flexibility index (Phi) is 4.80. The minimum Gasteiger partial charge on any atom is -0.479 e. The van der Waals surface area contributed by atoms with Gasteiger partial charge >= 0.3 is 6.01 Å². The van der Waals surface area contributed by atoms with Crippen LogP contribution in [0.5, 0.6) is 11.9 Å². The van der Waals surface area contributed by atoms with Gasteiger partial charge in [0.15, 0.2) is 5.78 Å². The summed E-state index contributed by atoms with van der Waals surface area (Å²) in [7, 11) is -1.20. The van der Waals surface area contributed by atoms with Gasteiger partial charge in [-0.25, -0.2) is 13.4 Å². The highest BCUT2D eigenvalue weighted by Crippen LogP contribution is 2.25. The lowest BCUT2D eigenvalue weighted by atomic mass is 10.2. The molecule has 23 heavy (non-hydrogen) atoms. The Labute approximate surface area is 133 Å². The normalized spacial score (nSPS) is 10.9. The number of methoxy groups -OCH3 is 2. The Morgan fingerprint density at radius 1 is 1.22 bits per heavy atom. The predicted octanol–water partition coefficient (Wildman–Crippen LogP) is 1.50. The molecule has 0 radical (unpaired) electrons. The second-order valence-electron chi connectivity index (χ2n) is 4.47. The quantitative estimate of drug-likeness (QED) is 0.796. The SMILES string of the molecule is COc1ncc(NS(=O)(=O)c2cccc(C(C)=O)c2)c(OC)n1. The molecule has 1 aromatic heterocycles. The van der Waals surface area contributed by atoms with Gasteiger partial charge in [-0.05, 0) is 19.1 Å². The van der Waals surface area contributed by atoms with Crippen molar-refractivity contribution in [1.82, 2.24) is 9.97 Å². The molecule has 0 fully saturated rings. The summed E-state index contributed by atoms with van der Waals surface area (Å²) in [5.41, 5.74) is 0.354. The maximum Gasteiger partial charge on any atom is 0.319 e. The standard InChI is InChI=1S/C14H15N3O5S/c1-9(18)10-5-4-6-11(7-10)23(19,20)17-12-8-15-14(22-3)16-13(12)21-2/h4-8,17H,1-3H3. The molecule has 1 aromatic carbocycles. The predicted molar refractivity (Wildman–Crippen MR) is 82.4 cm³/mol. The molecule has 8 nitrogen and oxygen atoms in total. The molecule has 0 saturated heterocycles. The molecule has 0 aliphatic rings. The molecule has 2 aromatic rings. The highest BCUT2D eigenvalue weighted by molar-refractivity contribution is 7.92. The molecular weight excluding hydrogens is 322 g/mol. The first kappa shape index (κ1) is 16.7. The number of benzene rings is 1. The van der Waals surface area contributed by atoms with E-state index in [1.54, 1.807) is 6.07 Å². The monoisotopic (exact) mass is 337 g/mol. The molecule has 0 spiro atoms. The number of ketones is 1. The molecule has 0 bridgehead atoms. The fourth-order valence-electron chi connectivity index (χ4n) is 1.76. The number of aromatic nitrogens is 2. The van der Waals surface area contributed by atoms with E-state index in [-0.39, 0.29) is 28.3 Å². The molecule has 0 saturated carbocycles. The minimum absolute atomic E-state index is 0.0168. The van der Waals surface area contributed by atoms with Crippen molar-refractivity contribution in [1.29, 1.82) is 0 Å². The minimum atomic E-state index is -3.92. The maximum absolute atomic E-state index is 12.4. The molecule has 0 amide bonds. The molecular formula is C14H15N3O5S. The van der Waals surface area contributed by atoms with Crippen LogP contribution in [0.4, 0.5) is 5.69 Å². The fourth-order valence-corrected chi connectivity index (χ4v) is 2.85. The lowest BCUT2D eigenvalue weighted by Crippen LogP contribution is -2.15. The summed E-state index contributed by atoms with van der Waals surface area (Å²) in [6, 6.07) is 5.75. The number of anilines is 1. The van der Waals surface area contributed by atoms with E-state index in [0.29, 0.717) is 5.56 Å². The Hall–Kier alpha value is -2.68. The van der Waals surface area contributed by atoms with Crippen molar-refractivity contribution in [3.05, 3.63) is 36.0 Å². The average molecular weight is 337 g/mol. The van der Waals surface area contributed by atoms with E-state index in [1.807, 2.05) is 0 Å². The third kappa shape index (κ3) is 3.75. The molecule has 1 heterocycles. The van der Waals surface area contributed by atoms with Gasteiger partial charge in [-0.3, -0.25) is 9.52 Å². The largest absolute Gasteiger partial charge is 0.479 e. The van der Waals surface area contributed by atoms with Gasteiger partial charge in [-0.2, -0.15) is 4.98 Å². The van der Waals surface area contributed by atoms with Crippen LogP contribution < -0.4 is 14.2 Å². The number of carbonyl (C=O) groups excluding carboxylic acids is 1. The van der Waals surface area contributed by atoms with E-state index < -0.39 is 10.0 Å². The second kappa shape index (κ2) is 6.61. The highest BCUT2D eigenvalue weighted by atomic mass is 32.2. The number of carbonyl (C=O) groups is 1. The van der Waals surface area contributed by atoms with E-state index in [9.17, 15) is 13.2 Å².